The van der Waals surface area contributed by atoms with Crippen molar-refractivity contribution in [3.8, 4) is 0 Å². The molecule has 3 nitrogen and oxygen atoms in total. The minimum Gasteiger partial charge on any atom is -0.299 e. The van der Waals surface area contributed by atoms with Crippen LogP contribution in [0.1, 0.15) is 19.5 Å². The maximum absolute atomic E-state index is 4.70. The Kier molecular flexibility index (Phi) is 4.91. The number of nitrogens with one attached hydrogen (secondary N) is 1. The van der Waals surface area contributed by atoms with Crippen molar-refractivity contribution in [2.24, 2.45) is 23.7 Å². The van der Waals surface area contributed by atoms with Crippen LogP contribution in [-0.4, -0.2) is 35.5 Å². The molecule has 5 unspecified atom stereocenters. The summed E-state index contributed by atoms with van der Waals surface area (Å²) in [5.41, 5.74) is 2.99. The number of aromatic nitrogens is 1. The van der Waals surface area contributed by atoms with Gasteiger partial charge in [0.25, 0.3) is 0 Å². The Balaban J connectivity index is 1.40. The quantitative estimate of drug-likeness (QED) is 0.593. The molecule has 0 bridgehead atoms. The molecule has 4 heteroatoms. The van der Waals surface area contributed by atoms with E-state index in [1.165, 1.54) is 5.57 Å². The largest absolute Gasteiger partial charge is 0.299 e. The second-order valence-corrected chi connectivity index (χ2v) is 15.7. The van der Waals surface area contributed by atoms with E-state index in [-0.39, 0.29) is 11.7 Å². The lowest BCUT2D eigenvalue weighted by Gasteiger charge is -2.51. The van der Waals surface area contributed by atoms with Gasteiger partial charge in [-0.3, -0.25) is 14.9 Å². The molecule has 1 aromatic rings. The van der Waals surface area contributed by atoms with Crippen LogP contribution in [0.5, 0.6) is 0 Å². The van der Waals surface area contributed by atoms with Crippen molar-refractivity contribution in [2.75, 3.05) is 0 Å². The molecule has 2 heterocycles. The van der Waals surface area contributed by atoms with Crippen LogP contribution in [0, 0.1) is 23.7 Å². The predicted octanol–water partition coefficient (Wildman–Crippen LogP) is 5.72. The normalized spacial score (nSPS) is 38.2. The van der Waals surface area contributed by atoms with Gasteiger partial charge < -0.3 is 0 Å². The van der Waals surface area contributed by atoms with Gasteiger partial charge in [-0.05, 0) is 60.8 Å². The van der Waals surface area contributed by atoms with Crippen LogP contribution in [0.15, 0.2) is 91.2 Å². The molecule has 1 aliphatic heterocycles. The van der Waals surface area contributed by atoms with Gasteiger partial charge in [0.1, 0.15) is 8.24 Å². The highest BCUT2D eigenvalue weighted by Gasteiger charge is 2.61. The molecule has 6 atom stereocenters. The average Bonchev–Trinajstić information content (AvgIpc) is 3.30. The van der Waals surface area contributed by atoms with Gasteiger partial charge in [0.15, 0.2) is 0 Å². The third kappa shape index (κ3) is 3.18. The van der Waals surface area contributed by atoms with E-state index in [1.54, 1.807) is 0 Å². The Morgan fingerprint density at radius 1 is 0.848 bits per heavy atom. The summed E-state index contributed by atoms with van der Waals surface area (Å²) in [5.74, 6) is 2.48. The summed E-state index contributed by atoms with van der Waals surface area (Å²) >= 11 is 0. The van der Waals surface area contributed by atoms with Crippen LogP contribution in [0.25, 0.3) is 5.57 Å². The Morgan fingerprint density at radius 3 is 2.09 bits per heavy atom. The van der Waals surface area contributed by atoms with Crippen molar-refractivity contribution in [3.05, 3.63) is 96.9 Å². The number of hydrogen-bond donors (Lipinski definition) is 1. The van der Waals surface area contributed by atoms with Gasteiger partial charge >= 0.3 is 0 Å². The van der Waals surface area contributed by atoms with Crippen LogP contribution in [-0.2, 0) is 0 Å². The van der Waals surface area contributed by atoms with Gasteiger partial charge in [0.2, 0.25) is 0 Å². The van der Waals surface area contributed by atoms with Crippen LogP contribution in [0.4, 0.5) is 0 Å². The molecule has 1 aromatic heterocycles. The number of allylic oxidation sites excluding steroid dienone is 10. The third-order valence-electron chi connectivity index (χ3n) is 8.79. The number of hydrogen-bond acceptors (Lipinski definition) is 3. The first kappa shape index (κ1) is 21.3. The maximum atomic E-state index is 4.70. The minimum atomic E-state index is -1.93. The highest BCUT2D eigenvalue weighted by atomic mass is 28.3. The van der Waals surface area contributed by atoms with Crippen molar-refractivity contribution in [3.63, 3.8) is 0 Å². The van der Waals surface area contributed by atoms with E-state index in [2.05, 4.69) is 116 Å². The second-order valence-electron chi connectivity index (χ2n) is 11.3. The van der Waals surface area contributed by atoms with Gasteiger partial charge in [-0.1, -0.05) is 86.0 Å². The minimum absolute atomic E-state index is 0.0797. The van der Waals surface area contributed by atoms with Crippen molar-refractivity contribution in [2.45, 2.75) is 50.2 Å². The van der Waals surface area contributed by atoms with Crippen LogP contribution in [0.3, 0.4) is 0 Å². The molecule has 5 aliphatic rings. The Hall–Kier alpha value is -2.27. The standard InChI is InChI=1S/C29H35N3Si/c1-29(2)31-27-24(25-17-9-10-19-30-25)16-11-18-26(27)32(29)33(3,4)28-22-14-7-5-12-20(22)21-13-6-8-15-23(21)28/h5-23,26-28,31H,1-4H3/t20?,21?,22?,23?,26-,27?,28?/m1/s1. The molecule has 33 heavy (non-hydrogen) atoms. The van der Waals surface area contributed by atoms with E-state index < -0.39 is 8.24 Å². The summed E-state index contributed by atoms with van der Waals surface area (Å²) in [6.07, 6.45) is 28.0. The number of nitrogens with zero attached hydrogens (tertiary/aromatic N) is 2. The molecule has 0 aromatic carbocycles. The topological polar surface area (TPSA) is 28.2 Å². The lowest BCUT2D eigenvalue weighted by molar-refractivity contribution is 0.227. The number of fused-ring (bicyclic) bond motifs is 4. The van der Waals surface area contributed by atoms with E-state index in [0.717, 1.165) is 5.69 Å². The van der Waals surface area contributed by atoms with Gasteiger partial charge in [0.05, 0.1) is 17.4 Å². The SMILES string of the molecule is CC1(C)NC2C(c3ccccn3)=CC=C[C@H]2N1[Si](C)(C)C1C2C=CC=CC2C2C=CC=CC21. The number of rotatable bonds is 3. The van der Waals surface area contributed by atoms with E-state index in [4.69, 9.17) is 4.98 Å². The molecule has 0 amide bonds. The predicted molar refractivity (Wildman–Crippen MR) is 140 cm³/mol. The summed E-state index contributed by atoms with van der Waals surface area (Å²) in [6, 6.07) is 6.86. The van der Waals surface area contributed by atoms with E-state index in [9.17, 15) is 0 Å². The average molecular weight is 454 g/mol. The smallest absolute Gasteiger partial charge is 0.129 e. The second kappa shape index (κ2) is 7.62. The van der Waals surface area contributed by atoms with Crippen LogP contribution < -0.4 is 5.32 Å². The summed E-state index contributed by atoms with van der Waals surface area (Å²) < 4.78 is 2.92. The first-order valence-corrected chi connectivity index (χ1v) is 15.5. The van der Waals surface area contributed by atoms with Gasteiger partial charge in [-0.15, -0.1) is 0 Å². The highest BCUT2D eigenvalue weighted by Crippen LogP contribution is 2.59. The molecule has 0 radical (unpaired) electrons. The zero-order chi connectivity index (χ0) is 22.8. The molecular formula is C29H35N3Si. The molecule has 1 N–H and O–H groups in total. The van der Waals surface area contributed by atoms with Gasteiger partial charge in [0, 0.05) is 12.2 Å². The third-order valence-corrected chi connectivity index (χ3v) is 13.3. The molecular weight excluding hydrogens is 418 g/mol. The van der Waals surface area contributed by atoms with Crippen LogP contribution >= 0.6 is 0 Å². The van der Waals surface area contributed by atoms with Gasteiger partial charge in [-0.2, -0.15) is 0 Å². The summed E-state index contributed by atoms with van der Waals surface area (Å²) in [4.78, 5) is 4.70. The first-order chi connectivity index (χ1) is 15.9. The summed E-state index contributed by atoms with van der Waals surface area (Å²) in [7, 11) is -1.93. The Bertz CT molecular complexity index is 1070. The number of pyridine rings is 1. The van der Waals surface area contributed by atoms with Gasteiger partial charge in [-0.25, -0.2) is 0 Å². The molecule has 2 fully saturated rings. The van der Waals surface area contributed by atoms with E-state index in [1.807, 2.05) is 12.3 Å². The zero-order valence-corrected chi connectivity index (χ0v) is 21.1. The highest BCUT2D eigenvalue weighted by molar-refractivity contribution is 6.76. The van der Waals surface area contributed by atoms with E-state index >= 15 is 0 Å². The Labute approximate surface area is 199 Å². The Morgan fingerprint density at radius 2 is 1.48 bits per heavy atom. The molecule has 6 rings (SSSR count). The fourth-order valence-electron chi connectivity index (χ4n) is 7.91. The zero-order valence-electron chi connectivity index (χ0n) is 20.1. The fourth-order valence-corrected chi connectivity index (χ4v) is 13.3. The van der Waals surface area contributed by atoms with E-state index in [0.29, 0.717) is 35.3 Å². The first-order valence-electron chi connectivity index (χ1n) is 12.5. The molecule has 4 aliphatic carbocycles. The van der Waals surface area contributed by atoms with Crippen molar-refractivity contribution >= 4 is 13.8 Å². The summed E-state index contributed by atoms with van der Waals surface area (Å²) in [5, 5.41) is 4.04. The molecule has 0 spiro atoms. The van der Waals surface area contributed by atoms with Crippen molar-refractivity contribution in [1.82, 2.24) is 14.9 Å². The molecule has 1 saturated heterocycles. The van der Waals surface area contributed by atoms with Crippen LogP contribution in [0.2, 0.25) is 18.6 Å². The lowest BCUT2D eigenvalue weighted by atomic mass is 9.83. The van der Waals surface area contributed by atoms with Crippen molar-refractivity contribution < 1.29 is 0 Å². The van der Waals surface area contributed by atoms with Crippen molar-refractivity contribution in [1.29, 1.82) is 0 Å². The fraction of sp³-hybridized carbons (Fsp3) is 0.414. The molecule has 170 valence electrons. The lowest BCUT2D eigenvalue weighted by Crippen LogP contribution is -2.64. The molecule has 1 saturated carbocycles. The maximum Gasteiger partial charge on any atom is 0.129 e. The summed E-state index contributed by atoms with van der Waals surface area (Å²) in [6.45, 7) is 10.0. The monoisotopic (exact) mass is 453 g/mol.